The average Bonchev–Trinajstić information content (AvgIpc) is 2.54. The molecule has 0 fully saturated rings. The van der Waals surface area contributed by atoms with Crippen molar-refractivity contribution in [3.8, 4) is 17.0 Å². The molecule has 3 nitrogen and oxygen atoms in total. The van der Waals surface area contributed by atoms with Crippen LogP contribution >= 0.6 is 0 Å². The third-order valence-electron chi connectivity index (χ3n) is 4.27. The van der Waals surface area contributed by atoms with Crippen LogP contribution in [0.25, 0.3) is 22.2 Å². The first kappa shape index (κ1) is 12.2. The number of benzene rings is 2. The van der Waals surface area contributed by atoms with E-state index in [1.54, 1.807) is 7.11 Å². The monoisotopic (exact) mass is 276 g/mol. The first-order valence-electron chi connectivity index (χ1n) is 7.13. The molecule has 0 bridgehead atoms. The van der Waals surface area contributed by atoms with Gasteiger partial charge in [0.25, 0.3) is 0 Å². The molecule has 0 radical (unpaired) electrons. The summed E-state index contributed by atoms with van der Waals surface area (Å²) in [6.45, 7) is 0. The Bertz CT molecular complexity index is 855. The zero-order valence-corrected chi connectivity index (χ0v) is 11.9. The lowest BCUT2D eigenvalue weighted by molar-refractivity contribution is 0.409. The van der Waals surface area contributed by atoms with Crippen LogP contribution in [0.2, 0.25) is 0 Å². The van der Waals surface area contributed by atoms with Crippen LogP contribution in [0.1, 0.15) is 11.1 Å². The summed E-state index contributed by atoms with van der Waals surface area (Å²) in [6, 6.07) is 14.2. The van der Waals surface area contributed by atoms with Crippen LogP contribution < -0.4 is 10.5 Å². The molecule has 0 aliphatic heterocycles. The Morgan fingerprint density at radius 1 is 1.00 bits per heavy atom. The minimum atomic E-state index is 0.865. The van der Waals surface area contributed by atoms with Crippen LogP contribution in [0.3, 0.4) is 0 Å². The van der Waals surface area contributed by atoms with Gasteiger partial charge in [-0.1, -0.05) is 30.3 Å². The average molecular weight is 276 g/mol. The highest BCUT2D eigenvalue weighted by Gasteiger charge is 2.23. The van der Waals surface area contributed by atoms with Gasteiger partial charge in [0.05, 0.1) is 18.3 Å². The lowest BCUT2D eigenvalue weighted by atomic mass is 9.86. The van der Waals surface area contributed by atoms with Gasteiger partial charge in [-0.05, 0) is 25.0 Å². The van der Waals surface area contributed by atoms with Crippen molar-refractivity contribution in [3.63, 3.8) is 0 Å². The minimum absolute atomic E-state index is 0.865. The Hall–Kier alpha value is -2.55. The third kappa shape index (κ3) is 1.70. The van der Waals surface area contributed by atoms with Crippen LogP contribution in [0.15, 0.2) is 42.5 Å². The van der Waals surface area contributed by atoms with E-state index >= 15 is 0 Å². The summed E-state index contributed by atoms with van der Waals surface area (Å²) >= 11 is 0. The lowest BCUT2D eigenvalue weighted by Crippen LogP contribution is -2.10. The van der Waals surface area contributed by atoms with Crippen molar-refractivity contribution < 1.29 is 4.74 Å². The number of para-hydroxylation sites is 1. The maximum absolute atomic E-state index is 6.40. The number of hydrogen-bond acceptors (Lipinski definition) is 3. The minimum Gasteiger partial charge on any atom is -0.496 e. The summed E-state index contributed by atoms with van der Waals surface area (Å²) in [6.07, 6.45) is 1.85. The van der Waals surface area contributed by atoms with Gasteiger partial charge in [0.2, 0.25) is 0 Å². The van der Waals surface area contributed by atoms with Gasteiger partial charge in [0.1, 0.15) is 5.75 Å². The molecule has 4 rings (SSSR count). The zero-order valence-electron chi connectivity index (χ0n) is 11.9. The van der Waals surface area contributed by atoms with Gasteiger partial charge in [0.15, 0.2) is 0 Å². The molecule has 3 aromatic rings. The molecule has 2 aromatic carbocycles. The molecular weight excluding hydrogens is 260 g/mol. The van der Waals surface area contributed by atoms with E-state index in [1.807, 2.05) is 36.4 Å². The van der Waals surface area contributed by atoms with E-state index in [1.165, 1.54) is 5.56 Å². The number of hydrogen-bond donors (Lipinski definition) is 1. The van der Waals surface area contributed by atoms with Crippen LogP contribution in [0, 0.1) is 0 Å². The Labute approximate surface area is 123 Å². The standard InChI is InChI=1S/C18H16N2O/c1-21-16-8-4-6-12-11(16)9-10-14-17(19)13-5-2-3-7-15(13)20-18(12)14/h2-8H,9-10H2,1H3,(H2,19,20). The molecule has 0 spiro atoms. The SMILES string of the molecule is COc1cccc2c1CCc1c-2nc2ccccc2c1N. The van der Waals surface area contributed by atoms with Gasteiger partial charge >= 0.3 is 0 Å². The molecule has 1 aromatic heterocycles. The fraction of sp³-hybridized carbons (Fsp3) is 0.167. The molecular formula is C18H16N2O. The second-order valence-corrected chi connectivity index (χ2v) is 5.36. The number of nitrogens with zero attached hydrogens (tertiary/aromatic N) is 1. The molecule has 1 heterocycles. The summed E-state index contributed by atoms with van der Waals surface area (Å²) in [5.74, 6) is 0.937. The van der Waals surface area contributed by atoms with Crippen molar-refractivity contribution in [2.75, 3.05) is 12.8 Å². The maximum atomic E-state index is 6.40. The number of rotatable bonds is 1. The first-order valence-corrected chi connectivity index (χ1v) is 7.13. The maximum Gasteiger partial charge on any atom is 0.122 e. The number of nitrogen functional groups attached to an aromatic ring is 1. The van der Waals surface area contributed by atoms with Gasteiger partial charge in [-0.15, -0.1) is 0 Å². The fourth-order valence-electron chi connectivity index (χ4n) is 3.24. The highest BCUT2D eigenvalue weighted by Crippen LogP contribution is 2.41. The van der Waals surface area contributed by atoms with Gasteiger partial charge in [0, 0.05) is 27.8 Å². The molecule has 1 aliphatic carbocycles. The molecule has 3 heteroatoms. The fourth-order valence-corrected chi connectivity index (χ4v) is 3.24. The summed E-state index contributed by atoms with van der Waals surface area (Å²) in [5, 5.41) is 1.04. The van der Waals surface area contributed by atoms with E-state index in [9.17, 15) is 0 Å². The molecule has 0 saturated heterocycles. The van der Waals surface area contributed by atoms with Crippen molar-refractivity contribution in [3.05, 3.63) is 53.6 Å². The van der Waals surface area contributed by atoms with Crippen molar-refractivity contribution in [2.45, 2.75) is 12.8 Å². The van der Waals surface area contributed by atoms with Crippen LogP contribution in [0.4, 0.5) is 5.69 Å². The van der Waals surface area contributed by atoms with Crippen molar-refractivity contribution in [2.24, 2.45) is 0 Å². The number of anilines is 1. The Morgan fingerprint density at radius 2 is 1.81 bits per heavy atom. The summed E-state index contributed by atoms with van der Waals surface area (Å²) in [5.41, 5.74) is 12.8. The normalized spacial score (nSPS) is 12.8. The third-order valence-corrected chi connectivity index (χ3v) is 4.27. The van der Waals surface area contributed by atoms with Crippen LogP contribution in [0.5, 0.6) is 5.75 Å². The van der Waals surface area contributed by atoms with E-state index in [4.69, 9.17) is 15.5 Å². The van der Waals surface area contributed by atoms with E-state index in [2.05, 4.69) is 6.07 Å². The Morgan fingerprint density at radius 3 is 2.67 bits per heavy atom. The molecule has 0 saturated carbocycles. The highest BCUT2D eigenvalue weighted by atomic mass is 16.5. The quantitative estimate of drug-likeness (QED) is 0.739. The Kier molecular flexibility index (Phi) is 2.61. The molecule has 0 atom stereocenters. The first-order chi connectivity index (χ1) is 10.3. The van der Waals surface area contributed by atoms with E-state index in [0.717, 1.165) is 52.0 Å². The topological polar surface area (TPSA) is 48.1 Å². The van der Waals surface area contributed by atoms with Gasteiger partial charge in [-0.25, -0.2) is 4.98 Å². The number of methoxy groups -OCH3 is 1. The van der Waals surface area contributed by atoms with Gasteiger partial charge in [-0.2, -0.15) is 0 Å². The summed E-state index contributed by atoms with van der Waals surface area (Å²) in [7, 11) is 1.72. The smallest absolute Gasteiger partial charge is 0.122 e. The molecule has 0 amide bonds. The van der Waals surface area contributed by atoms with E-state index in [-0.39, 0.29) is 0 Å². The number of nitrogens with two attached hydrogens (primary N) is 1. The van der Waals surface area contributed by atoms with Gasteiger partial charge < -0.3 is 10.5 Å². The van der Waals surface area contributed by atoms with E-state index < -0.39 is 0 Å². The number of pyridine rings is 1. The predicted octanol–water partition coefficient (Wildman–Crippen LogP) is 3.59. The van der Waals surface area contributed by atoms with Crippen molar-refractivity contribution in [1.29, 1.82) is 0 Å². The van der Waals surface area contributed by atoms with E-state index in [0.29, 0.717) is 0 Å². The van der Waals surface area contributed by atoms with Crippen LogP contribution in [-0.2, 0) is 12.8 Å². The summed E-state index contributed by atoms with van der Waals surface area (Å²) in [4.78, 5) is 4.86. The second-order valence-electron chi connectivity index (χ2n) is 5.36. The number of fused-ring (bicyclic) bond motifs is 4. The van der Waals surface area contributed by atoms with Crippen molar-refractivity contribution >= 4 is 16.6 Å². The molecule has 0 unspecified atom stereocenters. The van der Waals surface area contributed by atoms with Crippen LogP contribution in [-0.4, -0.2) is 12.1 Å². The Balaban J connectivity index is 2.07. The molecule has 21 heavy (non-hydrogen) atoms. The number of aromatic nitrogens is 1. The molecule has 1 aliphatic rings. The predicted molar refractivity (Wildman–Crippen MR) is 85.6 cm³/mol. The van der Waals surface area contributed by atoms with Gasteiger partial charge in [-0.3, -0.25) is 0 Å². The number of ether oxygens (including phenoxy) is 1. The molecule has 104 valence electrons. The van der Waals surface area contributed by atoms with Crippen molar-refractivity contribution in [1.82, 2.24) is 4.98 Å². The zero-order chi connectivity index (χ0) is 14.4. The summed E-state index contributed by atoms with van der Waals surface area (Å²) < 4.78 is 5.49. The second kappa shape index (κ2) is 4.48. The highest BCUT2D eigenvalue weighted by molar-refractivity contribution is 5.96. The molecule has 2 N–H and O–H groups in total. The largest absolute Gasteiger partial charge is 0.496 e. The lowest BCUT2D eigenvalue weighted by Gasteiger charge is -2.23.